The lowest BCUT2D eigenvalue weighted by molar-refractivity contribution is 0.102. The van der Waals surface area contributed by atoms with Gasteiger partial charge in [-0.1, -0.05) is 19.1 Å². The zero-order valence-corrected chi connectivity index (χ0v) is 17.1. The molecule has 0 bridgehead atoms. The Bertz CT molecular complexity index is 1110. The third-order valence-electron chi connectivity index (χ3n) is 4.13. The molecule has 3 rings (SSSR count). The number of para-hydroxylation sites is 1. The van der Waals surface area contributed by atoms with Crippen LogP contribution < -0.4 is 14.8 Å². The number of hydrogen-bond donors (Lipinski definition) is 2. The van der Waals surface area contributed by atoms with Crippen molar-refractivity contribution < 1.29 is 22.3 Å². The fraction of sp³-hybridized carbons (Fsp3) is 0.136. The lowest BCUT2D eigenvalue weighted by Crippen LogP contribution is -2.15. The first-order valence-corrected chi connectivity index (χ1v) is 10.8. The van der Waals surface area contributed by atoms with Crippen LogP contribution in [-0.2, 0) is 10.0 Å². The number of ether oxygens (including phenoxy) is 1. The van der Waals surface area contributed by atoms with Gasteiger partial charge in [0.1, 0.15) is 11.6 Å². The van der Waals surface area contributed by atoms with Gasteiger partial charge in [-0.05, 0) is 67.1 Å². The SMILES string of the molecule is CCCOc1ccc(C(=O)Nc2ccc(S(=O)(=O)Nc3ccccc3F)cc2)cc1. The first-order valence-electron chi connectivity index (χ1n) is 9.30. The Morgan fingerprint density at radius 2 is 1.63 bits per heavy atom. The highest BCUT2D eigenvalue weighted by Gasteiger charge is 2.16. The first-order chi connectivity index (χ1) is 14.4. The van der Waals surface area contributed by atoms with Gasteiger partial charge < -0.3 is 10.1 Å². The smallest absolute Gasteiger partial charge is 0.261 e. The molecule has 3 aromatic rings. The summed E-state index contributed by atoms with van der Waals surface area (Å²) in [6.45, 7) is 2.61. The Balaban J connectivity index is 1.66. The zero-order chi connectivity index (χ0) is 21.6. The number of rotatable bonds is 8. The van der Waals surface area contributed by atoms with Crippen LogP contribution in [0.5, 0.6) is 5.75 Å². The second-order valence-electron chi connectivity index (χ2n) is 6.44. The van der Waals surface area contributed by atoms with Crippen LogP contribution in [0.25, 0.3) is 0 Å². The van der Waals surface area contributed by atoms with Crippen LogP contribution in [0.15, 0.2) is 77.7 Å². The van der Waals surface area contributed by atoms with Crippen molar-refractivity contribution in [1.29, 1.82) is 0 Å². The van der Waals surface area contributed by atoms with Gasteiger partial charge in [0, 0.05) is 11.3 Å². The van der Waals surface area contributed by atoms with Gasteiger partial charge in [0.2, 0.25) is 0 Å². The quantitative estimate of drug-likeness (QED) is 0.546. The number of anilines is 2. The van der Waals surface area contributed by atoms with Crippen LogP contribution in [0.2, 0.25) is 0 Å². The molecular weight excluding hydrogens is 407 g/mol. The molecule has 0 aliphatic heterocycles. The minimum atomic E-state index is -3.96. The van der Waals surface area contributed by atoms with E-state index in [0.29, 0.717) is 23.6 Å². The maximum absolute atomic E-state index is 13.7. The number of amides is 1. The lowest BCUT2D eigenvalue weighted by Gasteiger charge is -2.10. The first kappa shape index (κ1) is 21.3. The zero-order valence-electron chi connectivity index (χ0n) is 16.3. The molecule has 0 heterocycles. The van der Waals surface area contributed by atoms with Crippen molar-refractivity contribution in [2.24, 2.45) is 0 Å². The van der Waals surface area contributed by atoms with E-state index >= 15 is 0 Å². The van der Waals surface area contributed by atoms with E-state index < -0.39 is 15.8 Å². The molecule has 0 saturated heterocycles. The molecule has 0 atom stereocenters. The van der Waals surface area contributed by atoms with Gasteiger partial charge in [0.15, 0.2) is 0 Å². The van der Waals surface area contributed by atoms with E-state index in [2.05, 4.69) is 10.0 Å². The predicted molar refractivity (Wildman–Crippen MR) is 114 cm³/mol. The Kier molecular flexibility index (Phi) is 6.68. The Morgan fingerprint density at radius 3 is 2.27 bits per heavy atom. The van der Waals surface area contributed by atoms with E-state index in [1.807, 2.05) is 6.92 Å². The summed E-state index contributed by atoms with van der Waals surface area (Å²) in [5.74, 6) is -0.321. The molecule has 0 radical (unpaired) electrons. The van der Waals surface area contributed by atoms with E-state index in [9.17, 15) is 17.6 Å². The lowest BCUT2D eigenvalue weighted by atomic mass is 10.2. The molecule has 8 heteroatoms. The molecular formula is C22H21FN2O4S. The van der Waals surface area contributed by atoms with Gasteiger partial charge in [0.05, 0.1) is 17.2 Å². The van der Waals surface area contributed by atoms with Crippen LogP contribution in [0.1, 0.15) is 23.7 Å². The van der Waals surface area contributed by atoms with Crippen LogP contribution in [0.3, 0.4) is 0 Å². The van der Waals surface area contributed by atoms with Crippen LogP contribution in [0.4, 0.5) is 15.8 Å². The van der Waals surface area contributed by atoms with Crippen molar-refractivity contribution in [2.75, 3.05) is 16.6 Å². The molecule has 0 spiro atoms. The van der Waals surface area contributed by atoms with Crippen molar-refractivity contribution in [3.05, 3.63) is 84.2 Å². The third-order valence-corrected chi connectivity index (χ3v) is 5.51. The summed E-state index contributed by atoms with van der Waals surface area (Å²) in [7, 11) is -3.96. The van der Waals surface area contributed by atoms with Gasteiger partial charge in [-0.2, -0.15) is 0 Å². The van der Waals surface area contributed by atoms with Gasteiger partial charge in [-0.3, -0.25) is 9.52 Å². The number of sulfonamides is 1. The highest BCUT2D eigenvalue weighted by atomic mass is 32.2. The molecule has 0 aliphatic carbocycles. The van der Waals surface area contributed by atoms with Crippen LogP contribution in [0, 0.1) is 5.82 Å². The molecule has 0 aromatic heterocycles. The average Bonchev–Trinajstić information content (AvgIpc) is 2.74. The molecule has 30 heavy (non-hydrogen) atoms. The molecule has 3 aromatic carbocycles. The number of halogens is 1. The van der Waals surface area contributed by atoms with Crippen LogP contribution in [-0.4, -0.2) is 20.9 Å². The molecule has 0 fully saturated rings. The summed E-state index contributed by atoms with van der Waals surface area (Å²) in [6.07, 6.45) is 0.893. The number of carbonyl (C=O) groups excluding carboxylic acids is 1. The Hall–Kier alpha value is -3.39. The maximum Gasteiger partial charge on any atom is 0.261 e. The third kappa shape index (κ3) is 5.36. The predicted octanol–water partition coefficient (Wildman–Crippen LogP) is 4.67. The maximum atomic E-state index is 13.7. The highest BCUT2D eigenvalue weighted by molar-refractivity contribution is 7.92. The van der Waals surface area contributed by atoms with E-state index in [-0.39, 0.29) is 16.5 Å². The Labute approximate surface area is 174 Å². The number of benzene rings is 3. The van der Waals surface area contributed by atoms with Gasteiger partial charge in [-0.25, -0.2) is 12.8 Å². The molecule has 0 aliphatic rings. The van der Waals surface area contributed by atoms with E-state index in [4.69, 9.17) is 4.74 Å². The largest absolute Gasteiger partial charge is 0.494 e. The van der Waals surface area contributed by atoms with Gasteiger partial charge in [0.25, 0.3) is 15.9 Å². The molecule has 6 nitrogen and oxygen atoms in total. The molecule has 0 unspecified atom stereocenters. The van der Waals surface area contributed by atoms with E-state index in [0.717, 1.165) is 6.42 Å². The normalized spacial score (nSPS) is 11.0. The summed E-state index contributed by atoms with van der Waals surface area (Å²) >= 11 is 0. The minimum absolute atomic E-state index is 0.0545. The van der Waals surface area contributed by atoms with E-state index in [1.54, 1.807) is 24.3 Å². The van der Waals surface area contributed by atoms with Crippen molar-refractivity contribution >= 4 is 27.3 Å². The van der Waals surface area contributed by atoms with Crippen molar-refractivity contribution in [2.45, 2.75) is 18.2 Å². The van der Waals surface area contributed by atoms with Crippen molar-refractivity contribution in [3.8, 4) is 5.75 Å². The number of nitrogens with one attached hydrogen (secondary N) is 2. The van der Waals surface area contributed by atoms with Crippen molar-refractivity contribution in [3.63, 3.8) is 0 Å². The second kappa shape index (κ2) is 9.41. The highest BCUT2D eigenvalue weighted by Crippen LogP contribution is 2.21. The summed E-state index contributed by atoms with van der Waals surface area (Å²) in [5, 5.41) is 2.70. The summed E-state index contributed by atoms with van der Waals surface area (Å²) in [5.41, 5.74) is 0.731. The number of carbonyl (C=O) groups is 1. The van der Waals surface area contributed by atoms with Crippen molar-refractivity contribution in [1.82, 2.24) is 0 Å². The molecule has 2 N–H and O–H groups in total. The number of hydrogen-bond acceptors (Lipinski definition) is 4. The minimum Gasteiger partial charge on any atom is -0.494 e. The average molecular weight is 428 g/mol. The Morgan fingerprint density at radius 1 is 0.967 bits per heavy atom. The van der Waals surface area contributed by atoms with Crippen LogP contribution >= 0.6 is 0 Å². The standard InChI is InChI=1S/C22H21FN2O4S/c1-2-15-29-18-11-7-16(8-12-18)22(26)24-17-9-13-19(14-10-17)30(27,28)25-21-6-4-3-5-20(21)23/h3-14,25H,2,15H2,1H3,(H,24,26). The van der Waals surface area contributed by atoms with Gasteiger partial charge in [-0.15, -0.1) is 0 Å². The molecule has 0 saturated carbocycles. The molecule has 1 amide bonds. The summed E-state index contributed by atoms with van der Waals surface area (Å²) in [6, 6.07) is 17.8. The summed E-state index contributed by atoms with van der Waals surface area (Å²) < 4.78 is 46.3. The van der Waals surface area contributed by atoms with Gasteiger partial charge >= 0.3 is 0 Å². The summed E-state index contributed by atoms with van der Waals surface area (Å²) in [4.78, 5) is 12.3. The molecule has 156 valence electrons. The topological polar surface area (TPSA) is 84.5 Å². The van der Waals surface area contributed by atoms with E-state index in [1.165, 1.54) is 48.5 Å². The fourth-order valence-corrected chi connectivity index (χ4v) is 3.66. The second-order valence-corrected chi connectivity index (χ2v) is 8.12. The fourth-order valence-electron chi connectivity index (χ4n) is 2.59. The monoisotopic (exact) mass is 428 g/mol.